The number of β-lactam (4-membered cyclic amide) rings is 1. The molecule has 2 aromatic heterocycles. The van der Waals surface area contributed by atoms with Crippen LogP contribution < -0.4 is 11.1 Å². The number of nitrogens with zero attached hydrogens (tertiary/aromatic N) is 3. The first-order chi connectivity index (χ1) is 14.4. The number of carbonyl (C=O) groups is 3. The molecular weight excluding hydrogens is 466 g/mol. The van der Waals surface area contributed by atoms with E-state index >= 15 is 0 Å². The van der Waals surface area contributed by atoms with Crippen LogP contribution in [0.3, 0.4) is 0 Å². The summed E-state index contributed by atoms with van der Waals surface area (Å²) in [7, 11) is 0. The Morgan fingerprint density at radius 3 is 2.93 bits per heavy atom. The Balaban J connectivity index is 1.46. The summed E-state index contributed by atoms with van der Waals surface area (Å²) in [6.45, 7) is 1.79. The number of amides is 2. The lowest BCUT2D eigenvalue weighted by atomic mass is 10.0. The second kappa shape index (κ2) is 8.67. The Labute approximate surface area is 188 Å². The molecule has 2 aromatic rings. The van der Waals surface area contributed by atoms with E-state index in [9.17, 15) is 19.5 Å². The summed E-state index contributed by atoms with van der Waals surface area (Å²) < 4.78 is 4.86. The monoisotopic (exact) mass is 483 g/mol. The van der Waals surface area contributed by atoms with Gasteiger partial charge >= 0.3 is 5.97 Å². The van der Waals surface area contributed by atoms with E-state index in [1.54, 1.807) is 19.1 Å². The number of aryl methyl sites for hydroxylation is 1. The van der Waals surface area contributed by atoms with Crippen molar-refractivity contribution in [2.45, 2.75) is 28.7 Å². The molecule has 4 N–H and O–H groups in total. The minimum absolute atomic E-state index is 0.00876. The van der Waals surface area contributed by atoms with Gasteiger partial charge in [0.25, 0.3) is 5.91 Å². The summed E-state index contributed by atoms with van der Waals surface area (Å²) in [5.74, 6) is -0.525. The van der Waals surface area contributed by atoms with Gasteiger partial charge in [-0.05, 0) is 35.5 Å². The number of hydrogen-bond donors (Lipinski definition) is 3. The molecule has 0 saturated carbocycles. The van der Waals surface area contributed by atoms with Crippen molar-refractivity contribution in [2.24, 2.45) is 5.73 Å². The Morgan fingerprint density at radius 1 is 1.50 bits per heavy atom. The van der Waals surface area contributed by atoms with Crippen LogP contribution in [0, 0.1) is 6.92 Å². The predicted octanol–water partition coefficient (Wildman–Crippen LogP) is 1.44. The number of carbonyl (C=O) groups excluding carboxylic acids is 2. The van der Waals surface area contributed by atoms with E-state index in [4.69, 9.17) is 5.73 Å². The molecule has 2 aliphatic rings. The number of carboxylic acid groups (broad SMARTS) is 1. The van der Waals surface area contributed by atoms with Gasteiger partial charge in [0, 0.05) is 16.4 Å². The fraction of sp³-hybridized carbons (Fsp3) is 0.353. The SMILES string of the molecule is Cc1nsc(SCC2=C(C(=O)O)N3C(=O)C(NC(=O)C(N)c4cccs4)C3SC2)n1. The number of hydrogen-bond acceptors (Lipinski definition) is 10. The van der Waals surface area contributed by atoms with Crippen LogP contribution in [-0.2, 0) is 14.4 Å². The maximum atomic E-state index is 12.7. The summed E-state index contributed by atoms with van der Waals surface area (Å²) in [5, 5.41) is 13.8. The molecule has 30 heavy (non-hydrogen) atoms. The zero-order valence-electron chi connectivity index (χ0n) is 15.6. The highest BCUT2D eigenvalue weighted by Crippen LogP contribution is 2.41. The summed E-state index contributed by atoms with van der Waals surface area (Å²) in [6.07, 6.45) is 0. The van der Waals surface area contributed by atoms with Gasteiger partial charge in [0.05, 0.1) is 0 Å². The topological polar surface area (TPSA) is 139 Å². The van der Waals surface area contributed by atoms with E-state index in [1.165, 1.54) is 51.3 Å². The summed E-state index contributed by atoms with van der Waals surface area (Å²) in [6, 6.07) is 1.90. The molecule has 1 fully saturated rings. The molecule has 0 aliphatic carbocycles. The lowest BCUT2D eigenvalue weighted by molar-refractivity contribution is -0.150. The first-order valence-corrected chi connectivity index (χ1v) is 12.5. The fourth-order valence-electron chi connectivity index (χ4n) is 3.12. The van der Waals surface area contributed by atoms with Crippen LogP contribution in [-0.4, -0.2) is 60.1 Å². The van der Waals surface area contributed by atoms with E-state index < -0.39 is 35.2 Å². The first kappa shape index (κ1) is 21.3. The molecule has 158 valence electrons. The molecule has 13 heteroatoms. The van der Waals surface area contributed by atoms with Crippen molar-refractivity contribution < 1.29 is 19.5 Å². The minimum atomic E-state index is -1.15. The van der Waals surface area contributed by atoms with Gasteiger partial charge in [-0.25, -0.2) is 9.78 Å². The highest BCUT2D eigenvalue weighted by Gasteiger charge is 2.54. The van der Waals surface area contributed by atoms with E-state index in [2.05, 4.69) is 14.7 Å². The molecule has 0 spiro atoms. The van der Waals surface area contributed by atoms with Crippen molar-refractivity contribution in [3.63, 3.8) is 0 Å². The van der Waals surface area contributed by atoms with Crippen LogP contribution in [0.15, 0.2) is 33.1 Å². The van der Waals surface area contributed by atoms with Crippen molar-refractivity contribution >= 4 is 64.2 Å². The molecule has 3 atom stereocenters. The molecule has 0 radical (unpaired) electrons. The highest BCUT2D eigenvalue weighted by atomic mass is 32.2. The zero-order chi connectivity index (χ0) is 21.4. The predicted molar refractivity (Wildman–Crippen MR) is 116 cm³/mol. The van der Waals surface area contributed by atoms with Crippen LogP contribution in [0.5, 0.6) is 0 Å². The summed E-state index contributed by atoms with van der Waals surface area (Å²) in [5.41, 5.74) is 6.61. The number of aliphatic carboxylic acids is 1. The van der Waals surface area contributed by atoms with Crippen molar-refractivity contribution in [2.75, 3.05) is 11.5 Å². The normalized spacial score (nSPS) is 21.8. The molecule has 2 amide bonds. The number of aromatic nitrogens is 2. The summed E-state index contributed by atoms with van der Waals surface area (Å²) in [4.78, 5) is 43.3. The van der Waals surface area contributed by atoms with Gasteiger partial charge in [-0.3, -0.25) is 14.5 Å². The Hall–Kier alpha value is -1.93. The van der Waals surface area contributed by atoms with Crippen molar-refractivity contribution in [3.8, 4) is 0 Å². The highest BCUT2D eigenvalue weighted by molar-refractivity contribution is 8.01. The van der Waals surface area contributed by atoms with Crippen molar-refractivity contribution in [3.05, 3.63) is 39.5 Å². The lowest BCUT2D eigenvalue weighted by Crippen LogP contribution is -2.71. The van der Waals surface area contributed by atoms with Crippen LogP contribution >= 0.6 is 46.4 Å². The van der Waals surface area contributed by atoms with E-state index in [1.807, 2.05) is 5.38 Å². The van der Waals surface area contributed by atoms with Crippen LogP contribution in [0.1, 0.15) is 16.7 Å². The standard InChI is InChI=1S/C17H17N5O4S4/c1-7-19-17(30-21-7)29-6-8-5-28-15-11(14(24)22(15)12(8)16(25)26)20-13(23)10(18)9-3-2-4-27-9/h2-4,10-11,15H,5-6,18H2,1H3,(H,20,23)(H,25,26). The van der Waals surface area contributed by atoms with Gasteiger partial charge in [-0.15, -0.1) is 23.1 Å². The average Bonchev–Trinajstić information content (AvgIpc) is 3.40. The summed E-state index contributed by atoms with van der Waals surface area (Å²) >= 11 is 5.45. The maximum Gasteiger partial charge on any atom is 0.352 e. The van der Waals surface area contributed by atoms with Gasteiger partial charge in [0.1, 0.15) is 29.0 Å². The lowest BCUT2D eigenvalue weighted by Gasteiger charge is -2.49. The van der Waals surface area contributed by atoms with Crippen LogP contribution in [0.25, 0.3) is 0 Å². The number of carboxylic acids is 1. The molecule has 4 heterocycles. The average molecular weight is 484 g/mol. The van der Waals surface area contributed by atoms with E-state index in [-0.39, 0.29) is 5.70 Å². The van der Waals surface area contributed by atoms with Crippen molar-refractivity contribution in [1.82, 2.24) is 19.6 Å². The third-order valence-corrected chi connectivity index (χ3v) is 8.86. The zero-order valence-corrected chi connectivity index (χ0v) is 18.9. The third-order valence-electron chi connectivity index (χ3n) is 4.56. The van der Waals surface area contributed by atoms with Crippen LogP contribution in [0.2, 0.25) is 0 Å². The van der Waals surface area contributed by atoms with Gasteiger partial charge in [-0.2, -0.15) is 4.37 Å². The second-order valence-electron chi connectivity index (χ2n) is 6.54. The van der Waals surface area contributed by atoms with E-state index in [0.717, 1.165) is 4.34 Å². The molecule has 2 aliphatic heterocycles. The Morgan fingerprint density at radius 2 is 2.30 bits per heavy atom. The maximum absolute atomic E-state index is 12.7. The first-order valence-electron chi connectivity index (χ1n) is 8.79. The number of nitrogens with one attached hydrogen (secondary N) is 1. The fourth-order valence-corrected chi connectivity index (χ4v) is 6.98. The number of thiophene rings is 1. The largest absolute Gasteiger partial charge is 0.477 e. The van der Waals surface area contributed by atoms with Crippen LogP contribution in [0.4, 0.5) is 0 Å². The molecular formula is C17H17N5O4S4. The Bertz CT molecular complexity index is 1020. The third kappa shape index (κ3) is 3.99. The minimum Gasteiger partial charge on any atom is -0.477 e. The molecule has 4 rings (SSSR count). The van der Waals surface area contributed by atoms with Gasteiger partial charge in [-0.1, -0.05) is 17.8 Å². The molecule has 0 bridgehead atoms. The smallest absolute Gasteiger partial charge is 0.352 e. The second-order valence-corrected chi connectivity index (χ2v) is 10.6. The Kier molecular flexibility index (Phi) is 6.16. The molecule has 1 saturated heterocycles. The quantitative estimate of drug-likeness (QED) is 0.394. The number of thioether (sulfide) groups is 2. The molecule has 0 aromatic carbocycles. The number of rotatable bonds is 7. The number of nitrogens with two attached hydrogens (primary N) is 1. The van der Waals surface area contributed by atoms with Crippen molar-refractivity contribution in [1.29, 1.82) is 0 Å². The van der Waals surface area contributed by atoms with Gasteiger partial charge in [0.15, 0.2) is 4.34 Å². The molecule has 3 unspecified atom stereocenters. The van der Waals surface area contributed by atoms with E-state index in [0.29, 0.717) is 27.8 Å². The van der Waals surface area contributed by atoms with Gasteiger partial charge < -0.3 is 16.2 Å². The number of fused-ring (bicyclic) bond motifs is 1. The molecule has 9 nitrogen and oxygen atoms in total. The van der Waals surface area contributed by atoms with Gasteiger partial charge in [0.2, 0.25) is 5.91 Å².